The van der Waals surface area contributed by atoms with Gasteiger partial charge in [0.1, 0.15) is 11.4 Å². The number of benzene rings is 1. The van der Waals surface area contributed by atoms with E-state index in [1.165, 1.54) is 6.20 Å². The number of primary amides is 1. The van der Waals surface area contributed by atoms with Crippen molar-refractivity contribution < 1.29 is 14.3 Å². The SMILES string of the molecule is C[C@@H]1COC[C@H](C)N1C(=O)c1cccc(Nc2nc(N3CCCC(N)C3)ncc2C(N)=O)c1.Cl. The van der Waals surface area contributed by atoms with Crippen molar-refractivity contribution in [1.82, 2.24) is 14.9 Å². The minimum absolute atomic E-state index is 0. The zero-order chi connectivity index (χ0) is 23.5. The Balaban J connectivity index is 0.00000324. The second-order valence-electron chi connectivity index (χ2n) is 8.80. The van der Waals surface area contributed by atoms with Gasteiger partial charge in [-0.1, -0.05) is 6.07 Å². The maximum Gasteiger partial charge on any atom is 0.254 e. The number of halogens is 1. The van der Waals surface area contributed by atoms with E-state index >= 15 is 0 Å². The molecule has 0 radical (unpaired) electrons. The molecular weight excluding hydrogens is 458 g/mol. The van der Waals surface area contributed by atoms with Gasteiger partial charge in [-0.2, -0.15) is 4.98 Å². The van der Waals surface area contributed by atoms with E-state index in [0.717, 1.165) is 19.4 Å². The highest BCUT2D eigenvalue weighted by Crippen LogP contribution is 2.25. The van der Waals surface area contributed by atoms with Crippen LogP contribution >= 0.6 is 12.4 Å². The van der Waals surface area contributed by atoms with Crippen LogP contribution in [0, 0.1) is 0 Å². The molecule has 11 heteroatoms. The Kier molecular flexibility index (Phi) is 8.29. The van der Waals surface area contributed by atoms with Crippen LogP contribution in [-0.4, -0.2) is 71.1 Å². The Morgan fingerprint density at radius 3 is 2.62 bits per heavy atom. The molecule has 2 fully saturated rings. The summed E-state index contributed by atoms with van der Waals surface area (Å²) in [5.74, 6) is 0.0792. The first-order valence-electron chi connectivity index (χ1n) is 11.3. The molecule has 1 aromatic heterocycles. The Bertz CT molecular complexity index is 1030. The van der Waals surface area contributed by atoms with Crippen LogP contribution in [0.3, 0.4) is 0 Å². The van der Waals surface area contributed by atoms with Gasteiger partial charge in [0.15, 0.2) is 0 Å². The van der Waals surface area contributed by atoms with E-state index in [0.29, 0.717) is 42.8 Å². The first kappa shape index (κ1) is 25.7. The van der Waals surface area contributed by atoms with Gasteiger partial charge in [-0.15, -0.1) is 12.4 Å². The summed E-state index contributed by atoms with van der Waals surface area (Å²) in [5, 5.41) is 3.16. The molecule has 34 heavy (non-hydrogen) atoms. The molecule has 10 nitrogen and oxygen atoms in total. The molecule has 2 aromatic rings. The molecule has 3 atom stereocenters. The van der Waals surface area contributed by atoms with Crippen LogP contribution in [0.1, 0.15) is 47.4 Å². The molecule has 4 rings (SSSR count). The van der Waals surface area contributed by atoms with Crippen LogP contribution in [0.5, 0.6) is 0 Å². The predicted octanol–water partition coefficient (Wildman–Crippen LogP) is 1.92. The van der Waals surface area contributed by atoms with Gasteiger partial charge in [-0.05, 0) is 44.9 Å². The largest absolute Gasteiger partial charge is 0.377 e. The van der Waals surface area contributed by atoms with Crippen molar-refractivity contribution >= 4 is 41.7 Å². The van der Waals surface area contributed by atoms with Crippen LogP contribution < -0.4 is 21.7 Å². The molecular formula is C23H32ClN7O3. The van der Waals surface area contributed by atoms with E-state index < -0.39 is 5.91 Å². The minimum Gasteiger partial charge on any atom is -0.377 e. The van der Waals surface area contributed by atoms with Gasteiger partial charge in [0, 0.05) is 36.6 Å². The number of ether oxygens (including phenoxy) is 1. The number of hydrogen-bond acceptors (Lipinski definition) is 8. The summed E-state index contributed by atoms with van der Waals surface area (Å²) in [5.41, 5.74) is 13.0. The molecule has 5 N–H and O–H groups in total. The number of nitrogens with one attached hydrogen (secondary N) is 1. The number of nitrogens with zero attached hydrogens (tertiary/aromatic N) is 4. The van der Waals surface area contributed by atoms with Crippen LogP contribution in [0.15, 0.2) is 30.5 Å². The van der Waals surface area contributed by atoms with E-state index in [1.54, 1.807) is 18.2 Å². The van der Waals surface area contributed by atoms with Crippen molar-refractivity contribution in [3.63, 3.8) is 0 Å². The summed E-state index contributed by atoms with van der Waals surface area (Å²) < 4.78 is 5.54. The number of rotatable bonds is 5. The van der Waals surface area contributed by atoms with Crippen molar-refractivity contribution in [1.29, 1.82) is 0 Å². The van der Waals surface area contributed by atoms with E-state index in [2.05, 4.69) is 15.3 Å². The van der Waals surface area contributed by atoms with Crippen LogP contribution in [0.2, 0.25) is 0 Å². The summed E-state index contributed by atoms with van der Waals surface area (Å²) >= 11 is 0. The number of carbonyl (C=O) groups is 2. The monoisotopic (exact) mass is 489 g/mol. The second-order valence-corrected chi connectivity index (χ2v) is 8.80. The first-order valence-corrected chi connectivity index (χ1v) is 11.3. The van der Waals surface area contributed by atoms with E-state index in [-0.39, 0.29) is 42.0 Å². The van der Waals surface area contributed by atoms with Gasteiger partial charge in [0.2, 0.25) is 5.95 Å². The summed E-state index contributed by atoms with van der Waals surface area (Å²) in [6, 6.07) is 7.16. The van der Waals surface area contributed by atoms with E-state index in [9.17, 15) is 9.59 Å². The highest BCUT2D eigenvalue weighted by Gasteiger charge is 2.30. The average molecular weight is 490 g/mol. The van der Waals surface area contributed by atoms with Crippen LogP contribution in [-0.2, 0) is 4.74 Å². The van der Waals surface area contributed by atoms with E-state index in [4.69, 9.17) is 16.2 Å². The topological polar surface area (TPSA) is 140 Å². The lowest BCUT2D eigenvalue weighted by Crippen LogP contribution is -2.52. The number of morpholine rings is 1. The van der Waals surface area contributed by atoms with Gasteiger partial charge in [0.05, 0.1) is 25.3 Å². The highest BCUT2D eigenvalue weighted by atomic mass is 35.5. The highest BCUT2D eigenvalue weighted by molar-refractivity contribution is 5.99. The summed E-state index contributed by atoms with van der Waals surface area (Å²) in [6.07, 6.45) is 3.34. The molecule has 0 spiro atoms. The fourth-order valence-corrected chi connectivity index (χ4v) is 4.41. The Morgan fingerprint density at radius 1 is 1.21 bits per heavy atom. The molecule has 2 aliphatic heterocycles. The molecule has 184 valence electrons. The van der Waals surface area contributed by atoms with Crippen molar-refractivity contribution in [2.45, 2.75) is 44.8 Å². The molecule has 0 aliphatic carbocycles. The van der Waals surface area contributed by atoms with Crippen molar-refractivity contribution in [3.05, 3.63) is 41.6 Å². The quantitative estimate of drug-likeness (QED) is 0.578. The zero-order valence-corrected chi connectivity index (χ0v) is 20.3. The number of carbonyl (C=O) groups excluding carboxylic acids is 2. The minimum atomic E-state index is -0.636. The van der Waals surface area contributed by atoms with Crippen molar-refractivity contribution in [2.75, 3.05) is 36.5 Å². The first-order chi connectivity index (χ1) is 15.8. The van der Waals surface area contributed by atoms with Gasteiger partial charge in [0.25, 0.3) is 11.8 Å². The predicted molar refractivity (Wildman–Crippen MR) is 133 cm³/mol. The molecule has 1 aromatic carbocycles. The maximum absolute atomic E-state index is 13.2. The summed E-state index contributed by atoms with van der Waals surface area (Å²) in [6.45, 7) is 6.42. The lowest BCUT2D eigenvalue weighted by Gasteiger charge is -2.38. The standard InChI is InChI=1S/C23H31N7O3.ClH/c1-14-12-33-13-15(2)30(14)22(32)16-5-3-7-18(9-16)27-21-19(20(25)31)10-26-23(28-21)29-8-4-6-17(24)11-29;/h3,5,7,9-10,14-15,17H,4,6,8,11-13,24H2,1-2H3,(H2,25,31)(H,26,27,28);1H/t14-,15+,17?;. The summed E-state index contributed by atoms with van der Waals surface area (Å²) in [4.78, 5) is 38.0. The van der Waals surface area contributed by atoms with Crippen LogP contribution in [0.25, 0.3) is 0 Å². The third-order valence-electron chi connectivity index (χ3n) is 6.06. The van der Waals surface area contributed by atoms with E-state index in [1.807, 2.05) is 29.7 Å². The Morgan fingerprint density at radius 2 is 1.94 bits per heavy atom. The van der Waals surface area contributed by atoms with Gasteiger partial charge in [-0.3, -0.25) is 9.59 Å². The fourth-order valence-electron chi connectivity index (χ4n) is 4.41. The molecule has 2 aliphatic rings. The van der Waals surface area contributed by atoms with Gasteiger partial charge < -0.3 is 31.3 Å². The Hall–Kier alpha value is -2.95. The number of nitrogens with two attached hydrogens (primary N) is 2. The molecule has 2 amide bonds. The number of piperidine rings is 1. The second kappa shape index (κ2) is 11.0. The molecule has 3 heterocycles. The maximum atomic E-state index is 13.2. The third-order valence-corrected chi connectivity index (χ3v) is 6.06. The normalized spacial score (nSPS) is 22.6. The molecule has 0 bridgehead atoms. The third kappa shape index (κ3) is 5.57. The molecule has 1 unspecified atom stereocenters. The Labute approximate surface area is 205 Å². The van der Waals surface area contributed by atoms with Crippen molar-refractivity contribution in [2.24, 2.45) is 11.5 Å². The lowest BCUT2D eigenvalue weighted by atomic mass is 10.1. The van der Waals surface area contributed by atoms with Crippen molar-refractivity contribution in [3.8, 4) is 0 Å². The average Bonchev–Trinajstić information content (AvgIpc) is 2.79. The fraction of sp³-hybridized carbons (Fsp3) is 0.478. The number of aromatic nitrogens is 2. The number of amides is 2. The number of anilines is 3. The molecule has 0 saturated carbocycles. The van der Waals surface area contributed by atoms with Gasteiger partial charge >= 0.3 is 0 Å². The smallest absolute Gasteiger partial charge is 0.254 e. The zero-order valence-electron chi connectivity index (χ0n) is 19.4. The van der Waals surface area contributed by atoms with Gasteiger partial charge in [-0.25, -0.2) is 4.98 Å². The number of hydrogen-bond donors (Lipinski definition) is 3. The lowest BCUT2D eigenvalue weighted by molar-refractivity contribution is -0.0249. The molecule has 2 saturated heterocycles. The summed E-state index contributed by atoms with van der Waals surface area (Å²) in [7, 11) is 0. The van der Waals surface area contributed by atoms with Crippen LogP contribution in [0.4, 0.5) is 17.5 Å².